The lowest BCUT2D eigenvalue weighted by molar-refractivity contribution is 0.567. The third-order valence-electron chi connectivity index (χ3n) is 2.87. The number of benzene rings is 1. The maximum absolute atomic E-state index is 12.2. The summed E-state index contributed by atoms with van der Waals surface area (Å²) in [5, 5.41) is -1.49. The molecule has 0 radical (unpaired) electrons. The van der Waals surface area contributed by atoms with Gasteiger partial charge in [0.05, 0.1) is 5.23 Å². The Morgan fingerprint density at radius 3 is 2.50 bits per heavy atom. The number of anilines is 1. The van der Waals surface area contributed by atoms with Crippen LogP contribution in [0.1, 0.15) is 47.3 Å². The fourth-order valence-corrected chi connectivity index (χ4v) is 2.72. The number of nitrogens with one attached hydrogen (secondary N) is 1. The van der Waals surface area contributed by atoms with Crippen LogP contribution in [-0.4, -0.2) is 13.6 Å². The fourth-order valence-electron chi connectivity index (χ4n) is 1.68. The van der Waals surface area contributed by atoms with Gasteiger partial charge in [-0.15, -0.1) is 0 Å². The molecule has 4 heteroatoms. The van der Waals surface area contributed by atoms with Crippen LogP contribution in [0.2, 0.25) is 0 Å². The van der Waals surface area contributed by atoms with E-state index >= 15 is 0 Å². The molecule has 1 aromatic rings. The van der Waals surface area contributed by atoms with Crippen LogP contribution in [0, 0.1) is 0 Å². The summed E-state index contributed by atoms with van der Waals surface area (Å²) in [4.78, 5) is 0. The summed E-state index contributed by atoms with van der Waals surface area (Å²) in [7, 11) is -3.68. The van der Waals surface area contributed by atoms with E-state index in [2.05, 4.69) is 11.6 Å². The molecule has 0 saturated carbocycles. The van der Waals surface area contributed by atoms with Crippen molar-refractivity contribution in [3.05, 3.63) is 30.3 Å². The van der Waals surface area contributed by atoms with Crippen molar-refractivity contribution in [3.63, 3.8) is 0 Å². The van der Waals surface area contributed by atoms with Gasteiger partial charge in [0, 0.05) is 7.06 Å². The van der Waals surface area contributed by atoms with Crippen LogP contribution < -0.4 is 4.72 Å². The number of hydrogen-bond donors (Lipinski definition) is 1. The van der Waals surface area contributed by atoms with Crippen molar-refractivity contribution >= 4 is 15.7 Å². The average molecular weight is 270 g/mol. The summed E-state index contributed by atoms with van der Waals surface area (Å²) in [6.45, 7) is 3.57. The summed E-state index contributed by atoms with van der Waals surface area (Å²) < 4.78 is 34.9. The Bertz CT molecular complexity index is 471. The highest BCUT2D eigenvalue weighted by atomic mass is 32.2. The van der Waals surface area contributed by atoms with Crippen molar-refractivity contribution in [2.24, 2.45) is 0 Å². The second-order valence-electron chi connectivity index (χ2n) is 4.48. The Morgan fingerprint density at radius 2 is 1.89 bits per heavy atom. The van der Waals surface area contributed by atoms with E-state index in [1.165, 1.54) is 6.92 Å². The van der Waals surface area contributed by atoms with Gasteiger partial charge in [-0.3, -0.25) is 4.72 Å². The second kappa shape index (κ2) is 7.41. The highest BCUT2D eigenvalue weighted by Crippen LogP contribution is 2.15. The number of rotatable bonds is 8. The topological polar surface area (TPSA) is 46.2 Å². The fraction of sp³-hybridized carbons (Fsp3) is 0.571. The van der Waals surface area contributed by atoms with Gasteiger partial charge in [0.15, 0.2) is 0 Å². The molecule has 0 spiro atoms. The zero-order valence-electron chi connectivity index (χ0n) is 12.1. The van der Waals surface area contributed by atoms with E-state index in [0.717, 1.165) is 25.7 Å². The first-order valence-corrected chi connectivity index (χ1v) is 7.95. The predicted molar refractivity (Wildman–Crippen MR) is 77.2 cm³/mol. The standard InChI is InChI=1S/C14H23NO2S/c1-3-4-5-7-10-13(2)18(16,17)15-14-11-8-6-9-12-14/h6,8-9,11-13,15H,3-5,7,10H2,1-2H3/t13-/m1/s1/i13D. The minimum Gasteiger partial charge on any atom is -0.283 e. The third-order valence-corrected chi connectivity index (χ3v) is 4.49. The van der Waals surface area contributed by atoms with E-state index < -0.39 is 15.2 Å². The Balaban J connectivity index is 2.64. The van der Waals surface area contributed by atoms with E-state index in [1.54, 1.807) is 24.3 Å². The minimum atomic E-state index is -3.68. The van der Waals surface area contributed by atoms with E-state index in [4.69, 9.17) is 1.37 Å². The van der Waals surface area contributed by atoms with Crippen molar-refractivity contribution < 1.29 is 9.79 Å². The van der Waals surface area contributed by atoms with Crippen LogP contribution >= 0.6 is 0 Å². The maximum atomic E-state index is 12.2. The highest BCUT2D eigenvalue weighted by molar-refractivity contribution is 7.93. The van der Waals surface area contributed by atoms with Crippen molar-refractivity contribution in [1.29, 1.82) is 0 Å². The minimum absolute atomic E-state index is 0.356. The number of para-hydroxylation sites is 1. The summed E-state index contributed by atoms with van der Waals surface area (Å²) in [6.07, 6.45) is 4.29. The zero-order chi connectivity index (χ0) is 14.4. The molecule has 0 fully saturated rings. The molecule has 1 rings (SSSR count). The summed E-state index contributed by atoms with van der Waals surface area (Å²) in [5.74, 6) is 0. The largest absolute Gasteiger partial charge is 0.283 e. The molecule has 0 aliphatic carbocycles. The molecule has 1 N–H and O–H groups in total. The Hall–Kier alpha value is -1.03. The van der Waals surface area contributed by atoms with Crippen LogP contribution in [0.15, 0.2) is 30.3 Å². The number of sulfonamides is 1. The Kier molecular flexibility index (Phi) is 5.52. The maximum Gasteiger partial charge on any atom is 0.235 e. The molecule has 0 amide bonds. The summed E-state index contributed by atoms with van der Waals surface area (Å²) in [5.41, 5.74) is 0.509. The van der Waals surface area contributed by atoms with E-state index in [-0.39, 0.29) is 0 Å². The van der Waals surface area contributed by atoms with Gasteiger partial charge in [0.1, 0.15) is 0 Å². The number of hydrogen-bond acceptors (Lipinski definition) is 2. The van der Waals surface area contributed by atoms with E-state index in [0.29, 0.717) is 12.1 Å². The second-order valence-corrected chi connectivity index (χ2v) is 6.39. The van der Waals surface area contributed by atoms with Gasteiger partial charge < -0.3 is 0 Å². The van der Waals surface area contributed by atoms with Gasteiger partial charge in [-0.25, -0.2) is 8.42 Å². The lowest BCUT2D eigenvalue weighted by atomic mass is 10.1. The summed E-state index contributed by atoms with van der Waals surface area (Å²) >= 11 is 0. The van der Waals surface area contributed by atoms with Gasteiger partial charge in [0.25, 0.3) is 0 Å². The van der Waals surface area contributed by atoms with Crippen LogP contribution in [0.5, 0.6) is 0 Å². The van der Waals surface area contributed by atoms with Crippen molar-refractivity contribution in [1.82, 2.24) is 0 Å². The van der Waals surface area contributed by atoms with Crippen molar-refractivity contribution in [2.75, 3.05) is 4.72 Å². The molecule has 0 aliphatic rings. The summed E-state index contributed by atoms with van der Waals surface area (Å²) in [6, 6.07) is 8.72. The zero-order valence-corrected chi connectivity index (χ0v) is 12.0. The predicted octanol–water partition coefficient (Wildman–Crippen LogP) is 3.79. The monoisotopic (exact) mass is 270 g/mol. The van der Waals surface area contributed by atoms with Gasteiger partial charge in [-0.05, 0) is 25.5 Å². The first-order chi connectivity index (χ1) is 8.89. The van der Waals surface area contributed by atoms with Gasteiger partial charge in [0.2, 0.25) is 10.0 Å². The third kappa shape index (κ3) is 5.08. The molecule has 0 unspecified atom stereocenters. The van der Waals surface area contributed by atoms with Crippen molar-refractivity contribution in [3.8, 4) is 0 Å². The SMILES string of the molecule is [2H][C@@](C)(CCCCCC)S(=O)(=O)Nc1ccccc1. The molecule has 0 heterocycles. The smallest absolute Gasteiger partial charge is 0.235 e. The van der Waals surface area contributed by atoms with E-state index in [1.807, 2.05) is 6.07 Å². The highest BCUT2D eigenvalue weighted by Gasteiger charge is 2.19. The average Bonchev–Trinajstić information content (AvgIpc) is 2.35. The molecular formula is C14H23NO2S. The van der Waals surface area contributed by atoms with Crippen LogP contribution in [0.3, 0.4) is 0 Å². The molecule has 1 atom stereocenters. The Morgan fingerprint density at radius 1 is 1.22 bits per heavy atom. The quantitative estimate of drug-likeness (QED) is 0.731. The lowest BCUT2D eigenvalue weighted by Gasteiger charge is -2.14. The molecular weight excluding hydrogens is 246 g/mol. The van der Waals surface area contributed by atoms with E-state index in [9.17, 15) is 8.42 Å². The number of unbranched alkanes of at least 4 members (excludes halogenated alkanes) is 3. The normalized spacial score (nSPS) is 15.8. The first kappa shape index (κ1) is 13.4. The molecule has 102 valence electrons. The Labute approximate surface area is 112 Å². The molecule has 0 bridgehead atoms. The van der Waals surface area contributed by atoms with Crippen LogP contribution in [0.4, 0.5) is 5.69 Å². The molecule has 0 aliphatic heterocycles. The van der Waals surface area contributed by atoms with Gasteiger partial charge in [-0.1, -0.05) is 50.8 Å². The molecule has 18 heavy (non-hydrogen) atoms. The molecule has 0 saturated heterocycles. The van der Waals surface area contributed by atoms with Crippen LogP contribution in [0.25, 0.3) is 0 Å². The van der Waals surface area contributed by atoms with Crippen molar-refractivity contribution in [2.45, 2.75) is 51.2 Å². The van der Waals surface area contributed by atoms with Gasteiger partial charge in [-0.2, -0.15) is 0 Å². The van der Waals surface area contributed by atoms with Crippen LogP contribution in [-0.2, 0) is 10.0 Å². The molecule has 1 aromatic carbocycles. The van der Waals surface area contributed by atoms with Gasteiger partial charge >= 0.3 is 0 Å². The molecule has 3 nitrogen and oxygen atoms in total. The first-order valence-electron chi connectivity index (χ1n) is 6.96. The molecule has 0 aromatic heterocycles. The lowest BCUT2D eigenvalue weighted by Crippen LogP contribution is -2.25.